The molecule has 19 heavy (non-hydrogen) atoms. The van der Waals surface area contributed by atoms with Crippen LogP contribution in [0.5, 0.6) is 0 Å². The van der Waals surface area contributed by atoms with E-state index in [-0.39, 0.29) is 11.9 Å². The second kappa shape index (κ2) is 5.86. The van der Waals surface area contributed by atoms with E-state index in [1.54, 1.807) is 6.92 Å². The van der Waals surface area contributed by atoms with Gasteiger partial charge in [0.15, 0.2) is 0 Å². The third-order valence-electron chi connectivity index (χ3n) is 3.51. The van der Waals surface area contributed by atoms with Crippen LogP contribution in [0.15, 0.2) is 6.33 Å². The maximum Gasteiger partial charge on any atom is 0.217 e. The molecule has 6 nitrogen and oxygen atoms in total. The SMILES string of the molecule is CCc1c(N)ncnc1N1CCC(NC(C)=O)CC1. The van der Waals surface area contributed by atoms with Crippen molar-refractivity contribution in [3.63, 3.8) is 0 Å². The van der Waals surface area contributed by atoms with Gasteiger partial charge in [0.25, 0.3) is 0 Å². The van der Waals surface area contributed by atoms with Gasteiger partial charge in [-0.25, -0.2) is 9.97 Å². The number of carbonyl (C=O) groups is 1. The maximum absolute atomic E-state index is 11.0. The van der Waals surface area contributed by atoms with Crippen LogP contribution >= 0.6 is 0 Å². The summed E-state index contributed by atoms with van der Waals surface area (Å²) >= 11 is 0. The van der Waals surface area contributed by atoms with Crippen molar-refractivity contribution in [2.75, 3.05) is 23.7 Å². The van der Waals surface area contributed by atoms with Gasteiger partial charge in [0, 0.05) is 31.6 Å². The first-order valence-electron chi connectivity index (χ1n) is 6.73. The topological polar surface area (TPSA) is 84.1 Å². The van der Waals surface area contributed by atoms with Crippen molar-refractivity contribution < 1.29 is 4.79 Å². The number of anilines is 2. The number of hydrogen-bond donors (Lipinski definition) is 2. The Morgan fingerprint density at radius 2 is 2.16 bits per heavy atom. The van der Waals surface area contributed by atoms with Crippen molar-refractivity contribution in [3.8, 4) is 0 Å². The van der Waals surface area contributed by atoms with E-state index in [2.05, 4.69) is 27.1 Å². The summed E-state index contributed by atoms with van der Waals surface area (Å²) < 4.78 is 0. The molecule has 6 heteroatoms. The summed E-state index contributed by atoms with van der Waals surface area (Å²) in [5.41, 5.74) is 6.91. The minimum atomic E-state index is 0.0407. The Hall–Kier alpha value is -1.85. The van der Waals surface area contributed by atoms with Crippen molar-refractivity contribution in [3.05, 3.63) is 11.9 Å². The lowest BCUT2D eigenvalue weighted by molar-refractivity contribution is -0.119. The Morgan fingerprint density at radius 3 is 2.74 bits per heavy atom. The van der Waals surface area contributed by atoms with E-state index in [1.807, 2.05) is 0 Å². The molecule has 1 aliphatic heterocycles. The van der Waals surface area contributed by atoms with Gasteiger partial charge in [-0.2, -0.15) is 0 Å². The minimum absolute atomic E-state index is 0.0407. The van der Waals surface area contributed by atoms with Crippen LogP contribution in [0.1, 0.15) is 32.3 Å². The first kappa shape index (κ1) is 13.6. The normalized spacial score (nSPS) is 16.4. The Balaban J connectivity index is 2.05. The Labute approximate surface area is 113 Å². The molecule has 0 saturated carbocycles. The fourth-order valence-electron chi connectivity index (χ4n) is 2.55. The number of nitrogens with zero attached hydrogens (tertiary/aromatic N) is 3. The van der Waals surface area contributed by atoms with Gasteiger partial charge in [-0.15, -0.1) is 0 Å². The Kier molecular flexibility index (Phi) is 4.19. The molecule has 0 unspecified atom stereocenters. The number of nitrogen functional groups attached to an aromatic ring is 1. The lowest BCUT2D eigenvalue weighted by Gasteiger charge is -2.34. The molecular formula is C13H21N5O. The third-order valence-corrected chi connectivity index (χ3v) is 3.51. The van der Waals surface area contributed by atoms with E-state index in [0.29, 0.717) is 5.82 Å². The van der Waals surface area contributed by atoms with Crippen LogP contribution in [-0.2, 0) is 11.2 Å². The number of amides is 1. The van der Waals surface area contributed by atoms with Gasteiger partial charge in [-0.3, -0.25) is 4.79 Å². The van der Waals surface area contributed by atoms with Crippen molar-refractivity contribution >= 4 is 17.5 Å². The molecular weight excluding hydrogens is 242 g/mol. The number of hydrogen-bond acceptors (Lipinski definition) is 5. The van der Waals surface area contributed by atoms with Crippen LogP contribution in [-0.4, -0.2) is 35.0 Å². The van der Waals surface area contributed by atoms with Crippen LogP contribution in [0.4, 0.5) is 11.6 Å². The van der Waals surface area contributed by atoms with E-state index in [9.17, 15) is 4.79 Å². The fraction of sp³-hybridized carbons (Fsp3) is 0.615. The lowest BCUT2D eigenvalue weighted by atomic mass is 10.0. The standard InChI is InChI=1S/C13H21N5O/c1-3-11-12(14)15-8-16-13(11)18-6-4-10(5-7-18)17-9(2)19/h8,10H,3-7H2,1-2H3,(H,17,19)(H2,14,15,16). The van der Waals surface area contributed by atoms with E-state index < -0.39 is 0 Å². The molecule has 1 aromatic heterocycles. The van der Waals surface area contributed by atoms with E-state index in [0.717, 1.165) is 43.7 Å². The van der Waals surface area contributed by atoms with Gasteiger partial charge in [0.1, 0.15) is 18.0 Å². The molecule has 0 aliphatic carbocycles. The highest BCUT2D eigenvalue weighted by Crippen LogP contribution is 2.24. The molecule has 0 atom stereocenters. The number of piperidine rings is 1. The predicted octanol–water partition coefficient (Wildman–Crippen LogP) is 0.726. The van der Waals surface area contributed by atoms with E-state index in [4.69, 9.17) is 5.73 Å². The average molecular weight is 263 g/mol. The van der Waals surface area contributed by atoms with Crippen LogP contribution in [0, 0.1) is 0 Å². The van der Waals surface area contributed by atoms with Crippen molar-refractivity contribution in [2.24, 2.45) is 0 Å². The van der Waals surface area contributed by atoms with Crippen LogP contribution < -0.4 is 16.0 Å². The summed E-state index contributed by atoms with van der Waals surface area (Å²) in [5, 5.41) is 2.97. The van der Waals surface area contributed by atoms with Crippen molar-refractivity contribution in [1.29, 1.82) is 0 Å². The zero-order valence-electron chi connectivity index (χ0n) is 11.5. The quantitative estimate of drug-likeness (QED) is 0.839. The molecule has 0 bridgehead atoms. The summed E-state index contributed by atoms with van der Waals surface area (Å²) in [5.74, 6) is 1.55. The average Bonchev–Trinajstić information content (AvgIpc) is 2.38. The molecule has 0 radical (unpaired) electrons. The first-order chi connectivity index (χ1) is 9.11. The molecule has 1 fully saturated rings. The molecule has 1 saturated heterocycles. The van der Waals surface area contributed by atoms with Gasteiger partial charge in [-0.05, 0) is 19.3 Å². The number of carbonyl (C=O) groups excluding carboxylic acids is 1. The summed E-state index contributed by atoms with van der Waals surface area (Å²) in [6.45, 7) is 5.39. The second-order valence-electron chi connectivity index (χ2n) is 4.88. The summed E-state index contributed by atoms with van der Waals surface area (Å²) in [4.78, 5) is 21.7. The summed E-state index contributed by atoms with van der Waals surface area (Å²) in [6.07, 6.45) is 4.22. The smallest absolute Gasteiger partial charge is 0.217 e. The van der Waals surface area contributed by atoms with Crippen molar-refractivity contribution in [2.45, 2.75) is 39.2 Å². The number of aromatic nitrogens is 2. The molecule has 1 aliphatic rings. The van der Waals surface area contributed by atoms with E-state index >= 15 is 0 Å². The zero-order valence-corrected chi connectivity index (χ0v) is 11.5. The van der Waals surface area contributed by atoms with Gasteiger partial charge >= 0.3 is 0 Å². The van der Waals surface area contributed by atoms with Gasteiger partial charge < -0.3 is 16.0 Å². The van der Waals surface area contributed by atoms with Gasteiger partial charge in [0.2, 0.25) is 5.91 Å². The Morgan fingerprint density at radius 1 is 1.47 bits per heavy atom. The fourth-order valence-corrected chi connectivity index (χ4v) is 2.55. The number of nitrogens with two attached hydrogens (primary N) is 1. The van der Waals surface area contributed by atoms with Gasteiger partial charge in [0.05, 0.1) is 0 Å². The summed E-state index contributed by atoms with van der Waals surface area (Å²) in [6, 6.07) is 0.276. The predicted molar refractivity (Wildman–Crippen MR) is 74.9 cm³/mol. The highest BCUT2D eigenvalue weighted by atomic mass is 16.1. The molecule has 0 aromatic carbocycles. The molecule has 104 valence electrons. The molecule has 1 amide bonds. The maximum atomic E-state index is 11.0. The van der Waals surface area contributed by atoms with Crippen LogP contribution in [0.25, 0.3) is 0 Å². The van der Waals surface area contributed by atoms with E-state index in [1.165, 1.54) is 6.33 Å². The minimum Gasteiger partial charge on any atom is -0.383 e. The first-order valence-corrected chi connectivity index (χ1v) is 6.73. The highest BCUT2D eigenvalue weighted by molar-refractivity contribution is 5.73. The molecule has 2 rings (SSSR count). The molecule has 0 spiro atoms. The van der Waals surface area contributed by atoms with Crippen LogP contribution in [0.2, 0.25) is 0 Å². The largest absolute Gasteiger partial charge is 0.383 e. The molecule has 3 N–H and O–H groups in total. The third kappa shape index (κ3) is 3.13. The zero-order chi connectivity index (χ0) is 13.8. The number of rotatable bonds is 3. The van der Waals surface area contributed by atoms with Crippen LogP contribution in [0.3, 0.4) is 0 Å². The summed E-state index contributed by atoms with van der Waals surface area (Å²) in [7, 11) is 0. The second-order valence-corrected chi connectivity index (χ2v) is 4.88. The molecule has 2 heterocycles. The lowest BCUT2D eigenvalue weighted by Crippen LogP contribution is -2.44. The number of nitrogens with one attached hydrogen (secondary N) is 1. The molecule has 1 aromatic rings. The Bertz CT molecular complexity index is 454. The van der Waals surface area contributed by atoms with Gasteiger partial charge in [-0.1, -0.05) is 6.92 Å². The van der Waals surface area contributed by atoms with Crippen molar-refractivity contribution in [1.82, 2.24) is 15.3 Å². The highest BCUT2D eigenvalue weighted by Gasteiger charge is 2.22. The monoisotopic (exact) mass is 263 g/mol.